The highest BCUT2D eigenvalue weighted by molar-refractivity contribution is 5.41. The standard InChI is InChI=1S/C13H23N3/c1-6-11(14)10-7-8-12(15-9(10)2)16-13(3,4)5/h7-8,11H,6,14H2,1-5H3,(H,15,16)/t11-/m0/s1. The van der Waals surface area contributed by atoms with Crippen molar-refractivity contribution in [3.8, 4) is 0 Å². The lowest BCUT2D eigenvalue weighted by atomic mass is 10.0. The van der Waals surface area contributed by atoms with Gasteiger partial charge in [0.1, 0.15) is 5.82 Å². The van der Waals surface area contributed by atoms with Crippen molar-refractivity contribution in [3.05, 3.63) is 23.4 Å². The minimum absolute atomic E-state index is 0.0355. The van der Waals surface area contributed by atoms with Gasteiger partial charge in [-0.1, -0.05) is 13.0 Å². The Hall–Kier alpha value is -1.09. The van der Waals surface area contributed by atoms with Crippen molar-refractivity contribution >= 4 is 5.82 Å². The molecule has 1 atom stereocenters. The lowest BCUT2D eigenvalue weighted by Crippen LogP contribution is -2.27. The number of rotatable bonds is 3. The fourth-order valence-corrected chi connectivity index (χ4v) is 1.64. The molecule has 1 heterocycles. The van der Waals surface area contributed by atoms with E-state index in [1.165, 1.54) is 0 Å². The van der Waals surface area contributed by atoms with Crippen molar-refractivity contribution in [2.75, 3.05) is 5.32 Å². The molecule has 3 N–H and O–H groups in total. The van der Waals surface area contributed by atoms with Gasteiger partial charge >= 0.3 is 0 Å². The summed E-state index contributed by atoms with van der Waals surface area (Å²) < 4.78 is 0. The van der Waals surface area contributed by atoms with Crippen LogP contribution in [0.5, 0.6) is 0 Å². The number of nitrogens with two attached hydrogens (primary N) is 1. The van der Waals surface area contributed by atoms with Gasteiger partial charge in [-0.25, -0.2) is 4.98 Å². The lowest BCUT2D eigenvalue weighted by Gasteiger charge is -2.22. The van der Waals surface area contributed by atoms with Crippen molar-refractivity contribution in [1.82, 2.24) is 4.98 Å². The van der Waals surface area contributed by atoms with Crippen LogP contribution in [0.1, 0.15) is 51.4 Å². The molecule has 3 nitrogen and oxygen atoms in total. The van der Waals surface area contributed by atoms with Gasteiger partial charge < -0.3 is 11.1 Å². The third kappa shape index (κ3) is 3.49. The summed E-state index contributed by atoms with van der Waals surface area (Å²) in [6.07, 6.45) is 0.939. The third-order valence-corrected chi connectivity index (χ3v) is 2.47. The molecule has 3 heteroatoms. The predicted molar refractivity (Wildman–Crippen MR) is 69.6 cm³/mol. The highest BCUT2D eigenvalue weighted by atomic mass is 15.0. The van der Waals surface area contributed by atoms with Gasteiger partial charge in [-0.15, -0.1) is 0 Å². The van der Waals surface area contributed by atoms with E-state index < -0.39 is 0 Å². The maximum Gasteiger partial charge on any atom is 0.126 e. The summed E-state index contributed by atoms with van der Waals surface area (Å²) >= 11 is 0. The molecule has 0 radical (unpaired) electrons. The molecule has 0 amide bonds. The van der Waals surface area contributed by atoms with E-state index in [-0.39, 0.29) is 11.6 Å². The highest BCUT2D eigenvalue weighted by Gasteiger charge is 2.12. The number of nitrogens with one attached hydrogen (secondary N) is 1. The SMILES string of the molecule is CC[C@H](N)c1ccc(NC(C)(C)C)nc1C. The number of hydrogen-bond donors (Lipinski definition) is 2. The molecule has 0 saturated heterocycles. The second-order valence-electron chi connectivity index (χ2n) is 5.26. The van der Waals surface area contributed by atoms with E-state index in [1.807, 2.05) is 13.0 Å². The monoisotopic (exact) mass is 221 g/mol. The molecule has 1 aromatic heterocycles. The summed E-state index contributed by atoms with van der Waals surface area (Å²) in [6, 6.07) is 4.17. The normalized spacial score (nSPS) is 13.6. The Morgan fingerprint density at radius 2 is 2.00 bits per heavy atom. The van der Waals surface area contributed by atoms with Crippen LogP contribution < -0.4 is 11.1 Å². The first-order chi connectivity index (χ1) is 7.33. The molecular formula is C13H23N3. The zero-order chi connectivity index (χ0) is 12.3. The first-order valence-electron chi connectivity index (χ1n) is 5.85. The van der Waals surface area contributed by atoms with Gasteiger partial charge in [0, 0.05) is 17.3 Å². The van der Waals surface area contributed by atoms with Crippen LogP contribution >= 0.6 is 0 Å². The molecule has 0 spiro atoms. The van der Waals surface area contributed by atoms with E-state index in [1.54, 1.807) is 0 Å². The Morgan fingerprint density at radius 1 is 1.38 bits per heavy atom. The summed E-state index contributed by atoms with van der Waals surface area (Å²) in [5.41, 5.74) is 8.21. The van der Waals surface area contributed by atoms with E-state index in [0.29, 0.717) is 0 Å². The minimum Gasteiger partial charge on any atom is -0.365 e. The number of pyridine rings is 1. The molecule has 0 aliphatic carbocycles. The molecule has 0 aliphatic heterocycles. The first kappa shape index (κ1) is 13.0. The molecule has 0 saturated carbocycles. The van der Waals surface area contributed by atoms with Crippen LogP contribution in [0.4, 0.5) is 5.82 Å². The molecule has 1 rings (SSSR count). The van der Waals surface area contributed by atoms with Crippen molar-refractivity contribution < 1.29 is 0 Å². The fourth-order valence-electron chi connectivity index (χ4n) is 1.64. The predicted octanol–water partition coefficient (Wildman–Crippen LogP) is 3.01. The average molecular weight is 221 g/mol. The number of aromatic nitrogens is 1. The van der Waals surface area contributed by atoms with Crippen LogP contribution in [0, 0.1) is 6.92 Å². The zero-order valence-electron chi connectivity index (χ0n) is 11.0. The minimum atomic E-state index is 0.0355. The van der Waals surface area contributed by atoms with Crippen molar-refractivity contribution in [1.29, 1.82) is 0 Å². The fraction of sp³-hybridized carbons (Fsp3) is 0.615. The van der Waals surface area contributed by atoms with Crippen LogP contribution in [0.3, 0.4) is 0 Å². The largest absolute Gasteiger partial charge is 0.365 e. The summed E-state index contributed by atoms with van der Waals surface area (Å²) in [5.74, 6) is 0.914. The van der Waals surface area contributed by atoms with Crippen LogP contribution in [-0.4, -0.2) is 10.5 Å². The smallest absolute Gasteiger partial charge is 0.126 e. The maximum absolute atomic E-state index is 6.01. The Morgan fingerprint density at radius 3 is 2.44 bits per heavy atom. The van der Waals surface area contributed by atoms with E-state index in [9.17, 15) is 0 Å². The molecule has 90 valence electrons. The third-order valence-electron chi connectivity index (χ3n) is 2.47. The maximum atomic E-state index is 6.01. The molecule has 16 heavy (non-hydrogen) atoms. The number of aryl methyl sites for hydroxylation is 1. The van der Waals surface area contributed by atoms with Gasteiger partial charge in [-0.05, 0) is 45.7 Å². The van der Waals surface area contributed by atoms with Gasteiger partial charge in [-0.3, -0.25) is 0 Å². The Bertz CT molecular complexity index is 353. The van der Waals surface area contributed by atoms with Crippen LogP contribution in [0.25, 0.3) is 0 Å². The first-order valence-corrected chi connectivity index (χ1v) is 5.85. The van der Waals surface area contributed by atoms with Gasteiger partial charge in [0.05, 0.1) is 0 Å². The van der Waals surface area contributed by atoms with Gasteiger partial charge in [0.25, 0.3) is 0 Å². The zero-order valence-corrected chi connectivity index (χ0v) is 11.0. The summed E-state index contributed by atoms with van der Waals surface area (Å²) in [5, 5.41) is 3.35. The van der Waals surface area contributed by atoms with E-state index in [0.717, 1.165) is 23.5 Å². The van der Waals surface area contributed by atoms with E-state index >= 15 is 0 Å². The summed E-state index contributed by atoms with van der Waals surface area (Å²) in [4.78, 5) is 4.54. The Labute approximate surface area is 98.5 Å². The number of anilines is 1. The van der Waals surface area contributed by atoms with Crippen LogP contribution in [0.2, 0.25) is 0 Å². The van der Waals surface area contributed by atoms with Gasteiger partial charge in [0.15, 0.2) is 0 Å². The van der Waals surface area contributed by atoms with Crippen LogP contribution in [-0.2, 0) is 0 Å². The topological polar surface area (TPSA) is 50.9 Å². The lowest BCUT2D eigenvalue weighted by molar-refractivity contribution is 0.628. The summed E-state index contributed by atoms with van der Waals surface area (Å²) in [6.45, 7) is 10.5. The van der Waals surface area contributed by atoms with Crippen molar-refractivity contribution in [2.45, 2.75) is 52.6 Å². The van der Waals surface area contributed by atoms with Crippen molar-refractivity contribution in [3.63, 3.8) is 0 Å². The second kappa shape index (κ2) is 4.83. The molecule has 0 unspecified atom stereocenters. The average Bonchev–Trinajstić information content (AvgIpc) is 2.14. The van der Waals surface area contributed by atoms with E-state index in [2.05, 4.69) is 44.1 Å². The van der Waals surface area contributed by atoms with E-state index in [4.69, 9.17) is 5.73 Å². The summed E-state index contributed by atoms with van der Waals surface area (Å²) in [7, 11) is 0. The number of hydrogen-bond acceptors (Lipinski definition) is 3. The van der Waals surface area contributed by atoms with Crippen LogP contribution in [0.15, 0.2) is 12.1 Å². The molecule has 0 bridgehead atoms. The molecule has 0 fully saturated rings. The second-order valence-corrected chi connectivity index (χ2v) is 5.26. The Kier molecular flexibility index (Phi) is 3.92. The Balaban J connectivity index is 2.91. The quantitative estimate of drug-likeness (QED) is 0.825. The molecule has 0 aliphatic rings. The molecular weight excluding hydrogens is 198 g/mol. The van der Waals surface area contributed by atoms with Gasteiger partial charge in [-0.2, -0.15) is 0 Å². The van der Waals surface area contributed by atoms with Crippen molar-refractivity contribution in [2.24, 2.45) is 5.73 Å². The molecule has 1 aromatic rings. The molecule has 0 aromatic carbocycles. The highest BCUT2D eigenvalue weighted by Crippen LogP contribution is 2.20. The van der Waals surface area contributed by atoms with Gasteiger partial charge in [0.2, 0.25) is 0 Å². The number of nitrogens with zero attached hydrogens (tertiary/aromatic N) is 1.